The monoisotopic (exact) mass is 402 g/mol. The van der Waals surface area contributed by atoms with Gasteiger partial charge in [-0.3, -0.25) is 14.9 Å². The van der Waals surface area contributed by atoms with Gasteiger partial charge in [0.15, 0.2) is 0 Å². The van der Waals surface area contributed by atoms with Gasteiger partial charge >= 0.3 is 6.03 Å². The van der Waals surface area contributed by atoms with Gasteiger partial charge < -0.3 is 16.0 Å². The predicted molar refractivity (Wildman–Crippen MR) is 116 cm³/mol. The second-order valence-electron chi connectivity index (χ2n) is 6.20. The van der Waals surface area contributed by atoms with Crippen LogP contribution in [0.3, 0.4) is 0 Å². The molecule has 0 radical (unpaired) electrons. The Hall–Kier alpha value is -4.46. The van der Waals surface area contributed by atoms with Crippen molar-refractivity contribution in [3.05, 3.63) is 101 Å². The molecule has 0 saturated carbocycles. The summed E-state index contributed by atoms with van der Waals surface area (Å²) in [5, 5.41) is 18.9. The Labute approximate surface area is 172 Å². The summed E-state index contributed by atoms with van der Waals surface area (Å²) in [7, 11) is 0. The molecule has 3 amide bonds. The predicted octanol–water partition coefficient (Wildman–Crippen LogP) is 4.89. The van der Waals surface area contributed by atoms with Crippen molar-refractivity contribution < 1.29 is 14.5 Å². The van der Waals surface area contributed by atoms with E-state index in [0.717, 1.165) is 0 Å². The van der Waals surface area contributed by atoms with E-state index in [2.05, 4.69) is 16.0 Å². The molecule has 0 atom stereocenters. The molecule has 0 aliphatic carbocycles. The summed E-state index contributed by atoms with van der Waals surface area (Å²) in [4.78, 5) is 34.5. The maximum atomic E-state index is 12.1. The van der Waals surface area contributed by atoms with Gasteiger partial charge in [-0.25, -0.2) is 4.79 Å². The van der Waals surface area contributed by atoms with Gasteiger partial charge in [0.25, 0.3) is 5.69 Å². The zero-order valence-electron chi connectivity index (χ0n) is 15.7. The van der Waals surface area contributed by atoms with Crippen LogP contribution in [0.25, 0.3) is 6.08 Å². The number of para-hydroxylation sites is 1. The van der Waals surface area contributed by atoms with E-state index in [1.807, 2.05) is 18.2 Å². The summed E-state index contributed by atoms with van der Waals surface area (Å²) in [6.07, 6.45) is 2.76. The summed E-state index contributed by atoms with van der Waals surface area (Å²) in [6.45, 7) is 0. The number of nitrogens with zero attached hydrogens (tertiary/aromatic N) is 1. The molecule has 0 spiro atoms. The maximum absolute atomic E-state index is 12.1. The van der Waals surface area contributed by atoms with E-state index < -0.39 is 16.9 Å². The molecule has 0 aliphatic heterocycles. The molecule has 3 aromatic carbocycles. The van der Waals surface area contributed by atoms with Crippen LogP contribution in [0.1, 0.15) is 5.56 Å². The first-order valence-corrected chi connectivity index (χ1v) is 8.96. The van der Waals surface area contributed by atoms with Gasteiger partial charge in [0.2, 0.25) is 5.91 Å². The second-order valence-corrected chi connectivity index (χ2v) is 6.20. The van der Waals surface area contributed by atoms with Crippen molar-refractivity contribution in [1.82, 2.24) is 0 Å². The molecule has 3 aromatic rings. The number of hydrogen-bond acceptors (Lipinski definition) is 4. The van der Waals surface area contributed by atoms with Gasteiger partial charge in [0, 0.05) is 35.3 Å². The zero-order valence-corrected chi connectivity index (χ0v) is 15.7. The Morgan fingerprint density at radius 3 is 2.13 bits per heavy atom. The summed E-state index contributed by atoms with van der Waals surface area (Å²) in [6, 6.07) is 21.2. The molecule has 150 valence electrons. The Morgan fingerprint density at radius 2 is 1.40 bits per heavy atom. The average molecular weight is 402 g/mol. The Bertz CT molecular complexity index is 1100. The summed E-state index contributed by atoms with van der Waals surface area (Å²) < 4.78 is 0. The van der Waals surface area contributed by atoms with Crippen molar-refractivity contribution in [2.45, 2.75) is 0 Å². The highest BCUT2D eigenvalue weighted by Gasteiger charge is 2.06. The largest absolute Gasteiger partial charge is 0.323 e. The van der Waals surface area contributed by atoms with Crippen molar-refractivity contribution >= 4 is 40.8 Å². The fourth-order valence-electron chi connectivity index (χ4n) is 2.59. The van der Waals surface area contributed by atoms with Crippen molar-refractivity contribution in [3.63, 3.8) is 0 Å². The number of nitro benzene ring substituents is 1. The summed E-state index contributed by atoms with van der Waals surface area (Å²) in [5.41, 5.74) is 2.13. The van der Waals surface area contributed by atoms with Crippen LogP contribution < -0.4 is 16.0 Å². The average Bonchev–Trinajstić information content (AvgIpc) is 2.73. The highest BCUT2D eigenvalue weighted by Crippen LogP contribution is 2.17. The molecule has 0 unspecified atom stereocenters. The summed E-state index contributed by atoms with van der Waals surface area (Å²) in [5.74, 6) is -0.410. The number of anilines is 3. The van der Waals surface area contributed by atoms with E-state index in [-0.39, 0.29) is 5.69 Å². The van der Waals surface area contributed by atoms with Gasteiger partial charge in [0.05, 0.1) is 4.92 Å². The number of hydrogen-bond donors (Lipinski definition) is 3. The van der Waals surface area contributed by atoms with E-state index in [0.29, 0.717) is 22.6 Å². The lowest BCUT2D eigenvalue weighted by Crippen LogP contribution is -2.19. The van der Waals surface area contributed by atoms with Gasteiger partial charge in [-0.2, -0.15) is 0 Å². The highest BCUT2D eigenvalue weighted by molar-refractivity contribution is 6.03. The third-order valence-corrected chi connectivity index (χ3v) is 3.93. The maximum Gasteiger partial charge on any atom is 0.323 e. The number of non-ortho nitro benzene ring substituents is 1. The number of urea groups is 1. The molecule has 8 heteroatoms. The standard InChI is InChI=1S/C22H18N4O4/c27-21(13-12-16-6-4-11-20(14-16)26(29)30)23-18-9-5-10-19(15-18)25-22(28)24-17-7-2-1-3-8-17/h1-15H,(H,23,27)(H2,24,25,28)/b13-12+. The number of amides is 3. The van der Waals surface area contributed by atoms with Crippen LogP contribution in [0.4, 0.5) is 27.5 Å². The van der Waals surface area contributed by atoms with E-state index in [9.17, 15) is 19.7 Å². The number of carbonyl (C=O) groups excluding carboxylic acids is 2. The molecule has 0 aliphatic rings. The first-order valence-electron chi connectivity index (χ1n) is 8.96. The molecule has 0 bridgehead atoms. The molecule has 3 N–H and O–H groups in total. The normalized spacial score (nSPS) is 10.4. The number of nitro groups is 1. The van der Waals surface area contributed by atoms with Gasteiger partial charge in [-0.15, -0.1) is 0 Å². The fraction of sp³-hybridized carbons (Fsp3) is 0. The molecule has 0 fully saturated rings. The fourth-order valence-corrected chi connectivity index (χ4v) is 2.59. The lowest BCUT2D eigenvalue weighted by atomic mass is 10.2. The Morgan fingerprint density at radius 1 is 0.767 bits per heavy atom. The van der Waals surface area contributed by atoms with E-state index in [1.54, 1.807) is 48.5 Å². The van der Waals surface area contributed by atoms with E-state index >= 15 is 0 Å². The number of benzene rings is 3. The van der Waals surface area contributed by atoms with Crippen molar-refractivity contribution in [2.24, 2.45) is 0 Å². The van der Waals surface area contributed by atoms with Crippen LogP contribution in [0, 0.1) is 10.1 Å². The van der Waals surface area contributed by atoms with Crippen molar-refractivity contribution in [3.8, 4) is 0 Å². The number of rotatable bonds is 6. The third-order valence-electron chi connectivity index (χ3n) is 3.93. The molecule has 0 saturated heterocycles. The Kier molecular flexibility index (Phi) is 6.52. The van der Waals surface area contributed by atoms with E-state index in [4.69, 9.17) is 0 Å². The minimum Gasteiger partial charge on any atom is -0.322 e. The number of nitrogens with one attached hydrogen (secondary N) is 3. The van der Waals surface area contributed by atoms with Crippen LogP contribution >= 0.6 is 0 Å². The second kappa shape index (κ2) is 9.65. The van der Waals surface area contributed by atoms with Crippen LogP contribution in [-0.4, -0.2) is 16.9 Å². The molecular weight excluding hydrogens is 384 g/mol. The summed E-state index contributed by atoms with van der Waals surface area (Å²) >= 11 is 0. The molecule has 0 heterocycles. The molecule has 8 nitrogen and oxygen atoms in total. The van der Waals surface area contributed by atoms with Crippen LogP contribution in [0.2, 0.25) is 0 Å². The molecule has 3 rings (SSSR count). The highest BCUT2D eigenvalue weighted by atomic mass is 16.6. The van der Waals surface area contributed by atoms with Gasteiger partial charge in [-0.05, 0) is 42.0 Å². The van der Waals surface area contributed by atoms with Crippen LogP contribution in [0.15, 0.2) is 84.9 Å². The first kappa shape index (κ1) is 20.3. The van der Waals surface area contributed by atoms with Crippen LogP contribution in [-0.2, 0) is 4.79 Å². The third kappa shape index (κ3) is 6.03. The molecular formula is C22H18N4O4. The van der Waals surface area contributed by atoms with Gasteiger partial charge in [-0.1, -0.05) is 36.4 Å². The minimum atomic E-state index is -0.496. The lowest BCUT2D eigenvalue weighted by molar-refractivity contribution is -0.384. The Balaban J connectivity index is 1.59. The lowest BCUT2D eigenvalue weighted by Gasteiger charge is -2.09. The first-order chi connectivity index (χ1) is 14.5. The molecule has 0 aromatic heterocycles. The van der Waals surface area contributed by atoms with E-state index in [1.165, 1.54) is 24.3 Å². The quantitative estimate of drug-likeness (QED) is 0.309. The minimum absolute atomic E-state index is 0.0508. The molecule has 30 heavy (non-hydrogen) atoms. The van der Waals surface area contributed by atoms with Gasteiger partial charge in [0.1, 0.15) is 0 Å². The smallest absolute Gasteiger partial charge is 0.322 e. The van der Waals surface area contributed by atoms with Crippen molar-refractivity contribution in [1.29, 1.82) is 0 Å². The topological polar surface area (TPSA) is 113 Å². The zero-order chi connectivity index (χ0) is 21.3. The number of carbonyl (C=O) groups is 2. The van der Waals surface area contributed by atoms with Crippen LogP contribution in [0.5, 0.6) is 0 Å². The van der Waals surface area contributed by atoms with Crippen molar-refractivity contribution in [2.75, 3.05) is 16.0 Å². The SMILES string of the molecule is O=C(/C=C/c1cccc([N+](=O)[O-])c1)Nc1cccc(NC(=O)Nc2ccccc2)c1.